The van der Waals surface area contributed by atoms with Crippen molar-refractivity contribution in [3.8, 4) is 0 Å². The van der Waals surface area contributed by atoms with Gasteiger partial charge in [-0.1, -0.05) is 81.4 Å². The van der Waals surface area contributed by atoms with Crippen LogP contribution in [0.1, 0.15) is 44.7 Å². The number of hydrogen-bond acceptors (Lipinski definition) is 4. The van der Waals surface area contributed by atoms with E-state index >= 15 is 0 Å². The number of benzene rings is 2. The van der Waals surface area contributed by atoms with E-state index in [1.165, 1.54) is 0 Å². The Balaban J connectivity index is 1.73. The van der Waals surface area contributed by atoms with Crippen molar-refractivity contribution in [3.63, 3.8) is 0 Å². The molecule has 2 saturated carbocycles. The standard InChI is InChI=1S/C27H35NO3/c1-25(2)22-16-17-26(25,3)23(21(22)18-28(4)5)31-24(29)27(30,19-12-8-6-9-13-19)20-14-10-7-11-15-20/h6-15,21-23,30H,16-18H2,1-5H3. The van der Waals surface area contributed by atoms with Gasteiger partial charge in [-0.05, 0) is 49.4 Å². The topological polar surface area (TPSA) is 49.8 Å². The van der Waals surface area contributed by atoms with Gasteiger partial charge in [0.1, 0.15) is 6.10 Å². The Morgan fingerprint density at radius 3 is 2.03 bits per heavy atom. The van der Waals surface area contributed by atoms with Crippen molar-refractivity contribution in [2.75, 3.05) is 20.6 Å². The van der Waals surface area contributed by atoms with Gasteiger partial charge in [0.15, 0.2) is 0 Å². The van der Waals surface area contributed by atoms with Crippen molar-refractivity contribution in [3.05, 3.63) is 71.8 Å². The van der Waals surface area contributed by atoms with Crippen LogP contribution in [0.5, 0.6) is 0 Å². The number of carbonyl (C=O) groups is 1. The molecule has 0 aromatic heterocycles. The second-order valence-corrected chi connectivity index (χ2v) is 10.5. The first-order chi connectivity index (χ1) is 14.6. The normalized spacial score (nSPS) is 29.3. The van der Waals surface area contributed by atoms with Crippen molar-refractivity contribution in [2.45, 2.75) is 45.3 Å². The summed E-state index contributed by atoms with van der Waals surface area (Å²) in [6.45, 7) is 7.78. The van der Waals surface area contributed by atoms with Crippen LogP contribution < -0.4 is 0 Å². The van der Waals surface area contributed by atoms with E-state index in [0.717, 1.165) is 19.4 Å². The molecule has 0 spiro atoms. The summed E-state index contributed by atoms with van der Waals surface area (Å²) in [6.07, 6.45) is 1.98. The number of fused-ring (bicyclic) bond motifs is 2. The van der Waals surface area contributed by atoms with Crippen molar-refractivity contribution in [2.24, 2.45) is 22.7 Å². The van der Waals surface area contributed by atoms with Crippen molar-refractivity contribution in [1.82, 2.24) is 4.90 Å². The monoisotopic (exact) mass is 421 g/mol. The van der Waals surface area contributed by atoms with Crippen molar-refractivity contribution < 1.29 is 14.6 Å². The fraction of sp³-hybridized carbons (Fsp3) is 0.519. The average molecular weight is 422 g/mol. The minimum atomic E-state index is -1.84. The highest BCUT2D eigenvalue weighted by Gasteiger charge is 2.68. The Morgan fingerprint density at radius 1 is 1.03 bits per heavy atom. The predicted molar refractivity (Wildman–Crippen MR) is 122 cm³/mol. The van der Waals surface area contributed by atoms with E-state index in [2.05, 4.69) is 39.8 Å². The molecule has 0 saturated heterocycles. The molecule has 2 bridgehead atoms. The number of rotatable bonds is 6. The Kier molecular flexibility index (Phi) is 5.51. The van der Waals surface area contributed by atoms with Crippen LogP contribution in [-0.4, -0.2) is 42.7 Å². The molecule has 4 heteroatoms. The predicted octanol–water partition coefficient (Wildman–Crippen LogP) is 4.47. The Bertz CT molecular complexity index is 885. The third kappa shape index (κ3) is 3.32. The molecule has 2 fully saturated rings. The molecule has 0 aliphatic heterocycles. The van der Waals surface area contributed by atoms with E-state index < -0.39 is 11.6 Å². The van der Waals surface area contributed by atoms with Gasteiger partial charge in [-0.15, -0.1) is 0 Å². The summed E-state index contributed by atoms with van der Waals surface area (Å²) in [5, 5.41) is 11.9. The minimum absolute atomic E-state index is 0.0796. The summed E-state index contributed by atoms with van der Waals surface area (Å²) in [4.78, 5) is 16.0. The molecule has 0 heterocycles. The molecule has 31 heavy (non-hydrogen) atoms. The zero-order valence-corrected chi connectivity index (χ0v) is 19.3. The van der Waals surface area contributed by atoms with Crippen LogP contribution in [0.3, 0.4) is 0 Å². The van der Waals surface area contributed by atoms with Crippen LogP contribution in [0.15, 0.2) is 60.7 Å². The number of hydrogen-bond donors (Lipinski definition) is 1. The lowest BCUT2D eigenvalue weighted by atomic mass is 9.70. The molecule has 2 aromatic carbocycles. The smallest absolute Gasteiger partial charge is 0.347 e. The molecule has 4 atom stereocenters. The van der Waals surface area contributed by atoms with E-state index in [-0.39, 0.29) is 22.9 Å². The first-order valence-corrected chi connectivity index (χ1v) is 11.3. The van der Waals surface area contributed by atoms with E-state index in [1.807, 2.05) is 36.4 Å². The SMILES string of the molecule is CN(C)CC1C2CCC(C)(C1OC(=O)C(O)(c1ccccc1)c1ccccc1)C2(C)C. The maximum Gasteiger partial charge on any atom is 0.347 e. The maximum atomic E-state index is 13.8. The van der Waals surface area contributed by atoms with Gasteiger partial charge in [-0.25, -0.2) is 4.79 Å². The third-order valence-electron chi connectivity index (χ3n) is 8.40. The fourth-order valence-electron chi connectivity index (χ4n) is 6.33. The highest BCUT2D eigenvalue weighted by atomic mass is 16.6. The lowest BCUT2D eigenvalue weighted by Gasteiger charge is -2.41. The summed E-state index contributed by atoms with van der Waals surface area (Å²) in [5.41, 5.74) is -0.808. The van der Waals surface area contributed by atoms with Crippen LogP contribution in [0, 0.1) is 22.7 Å². The molecule has 1 N–H and O–H groups in total. The lowest BCUT2D eigenvalue weighted by Crippen LogP contribution is -2.48. The molecular weight excluding hydrogens is 386 g/mol. The minimum Gasteiger partial charge on any atom is -0.459 e. The highest BCUT2D eigenvalue weighted by Crippen LogP contribution is 2.68. The summed E-state index contributed by atoms with van der Waals surface area (Å²) in [7, 11) is 4.15. The lowest BCUT2D eigenvalue weighted by molar-refractivity contribution is -0.179. The van der Waals surface area contributed by atoms with E-state index in [1.54, 1.807) is 24.3 Å². The first kappa shape index (κ1) is 22.0. The van der Waals surface area contributed by atoms with Crippen LogP contribution in [0.4, 0.5) is 0 Å². The Labute approximate surface area is 186 Å². The van der Waals surface area contributed by atoms with E-state index in [9.17, 15) is 9.90 Å². The van der Waals surface area contributed by atoms with Crippen LogP contribution in [0.2, 0.25) is 0 Å². The van der Waals surface area contributed by atoms with Gasteiger partial charge in [-0.3, -0.25) is 0 Å². The summed E-state index contributed by atoms with van der Waals surface area (Å²) in [5.74, 6) is 0.172. The van der Waals surface area contributed by atoms with Crippen LogP contribution >= 0.6 is 0 Å². The highest BCUT2D eigenvalue weighted by molar-refractivity contribution is 5.85. The Morgan fingerprint density at radius 2 is 1.55 bits per heavy atom. The first-order valence-electron chi connectivity index (χ1n) is 11.3. The molecule has 2 aromatic rings. The molecule has 4 rings (SSSR count). The summed E-state index contributed by atoms with van der Waals surface area (Å²) >= 11 is 0. The maximum absolute atomic E-state index is 13.8. The number of carbonyl (C=O) groups excluding carboxylic acids is 1. The summed E-state index contributed by atoms with van der Waals surface area (Å²) in [6, 6.07) is 18.3. The quantitative estimate of drug-likeness (QED) is 0.700. The van der Waals surface area contributed by atoms with Gasteiger partial charge >= 0.3 is 5.97 Å². The number of nitrogens with zero attached hydrogens (tertiary/aromatic N) is 1. The molecule has 2 aliphatic rings. The molecule has 4 unspecified atom stereocenters. The zero-order chi connectivity index (χ0) is 22.4. The van der Waals surface area contributed by atoms with Crippen molar-refractivity contribution in [1.29, 1.82) is 0 Å². The van der Waals surface area contributed by atoms with Gasteiger partial charge < -0.3 is 14.7 Å². The zero-order valence-electron chi connectivity index (χ0n) is 19.3. The molecular formula is C27H35NO3. The number of ether oxygens (including phenoxy) is 1. The average Bonchev–Trinajstić information content (AvgIpc) is 3.07. The number of aliphatic hydroxyl groups is 1. The van der Waals surface area contributed by atoms with Crippen molar-refractivity contribution >= 4 is 5.97 Å². The van der Waals surface area contributed by atoms with E-state index in [4.69, 9.17) is 4.74 Å². The van der Waals surface area contributed by atoms with Gasteiger partial charge in [0.05, 0.1) is 0 Å². The Hall–Kier alpha value is -2.17. The van der Waals surface area contributed by atoms with Gasteiger partial charge in [0.2, 0.25) is 5.60 Å². The summed E-state index contributed by atoms with van der Waals surface area (Å²) < 4.78 is 6.36. The van der Waals surface area contributed by atoms with Gasteiger partial charge in [0.25, 0.3) is 0 Å². The molecule has 166 valence electrons. The van der Waals surface area contributed by atoms with Gasteiger partial charge in [-0.2, -0.15) is 0 Å². The molecule has 2 aliphatic carbocycles. The number of esters is 1. The van der Waals surface area contributed by atoms with Crippen LogP contribution in [-0.2, 0) is 15.1 Å². The molecule has 4 nitrogen and oxygen atoms in total. The third-order valence-corrected chi connectivity index (χ3v) is 8.40. The van der Waals surface area contributed by atoms with E-state index in [0.29, 0.717) is 17.0 Å². The fourth-order valence-corrected chi connectivity index (χ4v) is 6.33. The van der Waals surface area contributed by atoms with Crippen LogP contribution in [0.25, 0.3) is 0 Å². The second kappa shape index (κ2) is 7.75. The largest absolute Gasteiger partial charge is 0.459 e. The molecule has 0 amide bonds. The molecule has 0 radical (unpaired) electrons. The van der Waals surface area contributed by atoms with Gasteiger partial charge in [0, 0.05) is 17.9 Å². The second-order valence-electron chi connectivity index (χ2n) is 10.5.